The minimum atomic E-state index is 0.509. The van der Waals surface area contributed by atoms with Crippen LogP contribution in [0.3, 0.4) is 0 Å². The number of hydrogen-bond donors (Lipinski definition) is 1. The first kappa shape index (κ1) is 19.4. The van der Waals surface area contributed by atoms with Crippen molar-refractivity contribution < 1.29 is 9.47 Å². The van der Waals surface area contributed by atoms with E-state index >= 15 is 0 Å². The van der Waals surface area contributed by atoms with Crippen LogP contribution in [-0.2, 0) is 24.4 Å². The molecule has 0 amide bonds. The summed E-state index contributed by atoms with van der Waals surface area (Å²) in [6.45, 7) is 5.26. The molecule has 0 radical (unpaired) electrons. The van der Waals surface area contributed by atoms with E-state index in [0.29, 0.717) is 6.61 Å². The molecule has 6 nitrogen and oxygen atoms in total. The third-order valence-corrected chi connectivity index (χ3v) is 4.90. The Hall–Kier alpha value is -2.96. The summed E-state index contributed by atoms with van der Waals surface area (Å²) in [4.78, 5) is 11.0. The second kappa shape index (κ2) is 10.0. The number of pyridine rings is 2. The number of benzene rings is 1. The van der Waals surface area contributed by atoms with Crippen LogP contribution in [0.1, 0.15) is 16.7 Å². The van der Waals surface area contributed by atoms with Crippen molar-refractivity contribution in [3.05, 3.63) is 83.8 Å². The largest absolute Gasteiger partial charge is 0.489 e. The molecule has 0 spiro atoms. The lowest BCUT2D eigenvalue weighted by molar-refractivity contribution is 0.122. The predicted molar refractivity (Wildman–Crippen MR) is 113 cm³/mol. The molecule has 150 valence electrons. The molecule has 0 saturated carbocycles. The molecule has 1 N–H and O–H groups in total. The normalized spacial score (nSPS) is 14.0. The van der Waals surface area contributed by atoms with Crippen LogP contribution in [0.4, 0.5) is 5.82 Å². The van der Waals surface area contributed by atoms with E-state index in [-0.39, 0.29) is 0 Å². The minimum absolute atomic E-state index is 0.509. The lowest BCUT2D eigenvalue weighted by atomic mass is 10.2. The Morgan fingerprint density at radius 2 is 1.72 bits per heavy atom. The Balaban J connectivity index is 1.37. The van der Waals surface area contributed by atoms with E-state index in [2.05, 4.69) is 32.3 Å². The van der Waals surface area contributed by atoms with Crippen LogP contribution in [0.15, 0.2) is 67.1 Å². The number of para-hydroxylation sites is 1. The molecule has 1 saturated heterocycles. The summed E-state index contributed by atoms with van der Waals surface area (Å²) in [6.07, 6.45) is 5.46. The Labute approximate surface area is 171 Å². The van der Waals surface area contributed by atoms with E-state index < -0.39 is 0 Å². The number of aromatic nitrogens is 2. The number of hydrogen-bond acceptors (Lipinski definition) is 6. The van der Waals surface area contributed by atoms with Crippen molar-refractivity contribution in [3.63, 3.8) is 0 Å². The standard InChI is InChI=1S/C23H26N4O2/c1-2-8-22(29-18-19-5-3-9-24-15-19)20(6-1)16-25-17-21-7-4-10-26-23(21)27-11-13-28-14-12-27/h1-10,15,25H,11-14,16-18H2. The maximum Gasteiger partial charge on any atom is 0.133 e. The highest BCUT2D eigenvalue weighted by Crippen LogP contribution is 2.21. The summed E-state index contributed by atoms with van der Waals surface area (Å²) in [5, 5.41) is 3.55. The SMILES string of the molecule is c1cncc(COc2ccccc2CNCc2cccnc2N2CCOCC2)c1. The average molecular weight is 390 g/mol. The van der Waals surface area contributed by atoms with Gasteiger partial charge in [-0.2, -0.15) is 0 Å². The topological polar surface area (TPSA) is 59.5 Å². The molecule has 1 fully saturated rings. The molecule has 3 aromatic rings. The fourth-order valence-corrected chi connectivity index (χ4v) is 3.40. The number of ether oxygens (including phenoxy) is 2. The maximum absolute atomic E-state index is 6.03. The van der Waals surface area contributed by atoms with Crippen molar-refractivity contribution in [2.24, 2.45) is 0 Å². The highest BCUT2D eigenvalue weighted by atomic mass is 16.5. The molecule has 4 rings (SSSR count). The summed E-state index contributed by atoms with van der Waals surface area (Å²) < 4.78 is 11.5. The molecule has 0 bridgehead atoms. The van der Waals surface area contributed by atoms with Gasteiger partial charge in [0.1, 0.15) is 18.2 Å². The molecular formula is C23H26N4O2. The predicted octanol–water partition coefficient (Wildman–Crippen LogP) is 3.18. The first-order chi connectivity index (χ1) is 14.4. The number of nitrogens with zero attached hydrogens (tertiary/aromatic N) is 3. The van der Waals surface area contributed by atoms with Crippen LogP contribution in [0.2, 0.25) is 0 Å². The second-order valence-corrected chi connectivity index (χ2v) is 6.95. The molecular weight excluding hydrogens is 364 g/mol. The van der Waals surface area contributed by atoms with Crippen molar-refractivity contribution in [2.75, 3.05) is 31.2 Å². The molecule has 3 heterocycles. The monoisotopic (exact) mass is 390 g/mol. The zero-order valence-corrected chi connectivity index (χ0v) is 16.5. The van der Waals surface area contributed by atoms with Crippen LogP contribution >= 0.6 is 0 Å². The Bertz CT molecular complexity index is 898. The molecule has 6 heteroatoms. The zero-order valence-electron chi connectivity index (χ0n) is 16.5. The molecule has 29 heavy (non-hydrogen) atoms. The zero-order chi connectivity index (χ0) is 19.7. The van der Waals surface area contributed by atoms with Crippen LogP contribution in [0.5, 0.6) is 5.75 Å². The van der Waals surface area contributed by atoms with E-state index in [0.717, 1.165) is 62.1 Å². The van der Waals surface area contributed by atoms with Crippen LogP contribution in [-0.4, -0.2) is 36.3 Å². The second-order valence-electron chi connectivity index (χ2n) is 6.95. The fourth-order valence-electron chi connectivity index (χ4n) is 3.40. The number of nitrogens with one attached hydrogen (secondary N) is 1. The van der Waals surface area contributed by atoms with E-state index in [1.807, 2.05) is 48.8 Å². The maximum atomic E-state index is 6.03. The Morgan fingerprint density at radius 1 is 0.931 bits per heavy atom. The Kier molecular flexibility index (Phi) is 6.68. The highest BCUT2D eigenvalue weighted by molar-refractivity contribution is 5.47. The van der Waals surface area contributed by atoms with Gasteiger partial charge >= 0.3 is 0 Å². The summed E-state index contributed by atoms with van der Waals surface area (Å²) in [7, 11) is 0. The van der Waals surface area contributed by atoms with Crippen molar-refractivity contribution >= 4 is 5.82 Å². The van der Waals surface area contributed by atoms with Gasteiger partial charge in [-0.1, -0.05) is 30.3 Å². The van der Waals surface area contributed by atoms with Crippen molar-refractivity contribution in [1.29, 1.82) is 0 Å². The van der Waals surface area contributed by atoms with E-state index in [4.69, 9.17) is 9.47 Å². The third kappa shape index (κ3) is 5.31. The van der Waals surface area contributed by atoms with E-state index in [9.17, 15) is 0 Å². The fraction of sp³-hybridized carbons (Fsp3) is 0.304. The Morgan fingerprint density at radius 3 is 2.59 bits per heavy atom. The van der Waals surface area contributed by atoms with Gasteiger partial charge in [0, 0.05) is 61.5 Å². The summed E-state index contributed by atoms with van der Waals surface area (Å²) >= 11 is 0. The molecule has 0 atom stereocenters. The molecule has 2 aromatic heterocycles. The van der Waals surface area contributed by atoms with Gasteiger partial charge in [0.2, 0.25) is 0 Å². The van der Waals surface area contributed by atoms with Gasteiger partial charge in [0.05, 0.1) is 13.2 Å². The summed E-state index contributed by atoms with van der Waals surface area (Å²) in [5.74, 6) is 1.94. The van der Waals surface area contributed by atoms with Gasteiger partial charge in [-0.15, -0.1) is 0 Å². The van der Waals surface area contributed by atoms with Gasteiger partial charge in [-0.3, -0.25) is 4.98 Å². The number of rotatable bonds is 8. The van der Waals surface area contributed by atoms with Gasteiger partial charge in [-0.25, -0.2) is 4.98 Å². The third-order valence-electron chi connectivity index (χ3n) is 4.90. The lowest BCUT2D eigenvalue weighted by Gasteiger charge is -2.29. The smallest absolute Gasteiger partial charge is 0.133 e. The first-order valence-corrected chi connectivity index (χ1v) is 9.97. The molecule has 1 aromatic carbocycles. The van der Waals surface area contributed by atoms with Gasteiger partial charge in [-0.05, 0) is 18.2 Å². The lowest BCUT2D eigenvalue weighted by Crippen LogP contribution is -2.37. The number of anilines is 1. The quantitative estimate of drug-likeness (QED) is 0.638. The average Bonchev–Trinajstić information content (AvgIpc) is 2.80. The molecule has 0 unspecified atom stereocenters. The van der Waals surface area contributed by atoms with Crippen molar-refractivity contribution in [1.82, 2.24) is 15.3 Å². The summed E-state index contributed by atoms with van der Waals surface area (Å²) in [6, 6.07) is 16.2. The minimum Gasteiger partial charge on any atom is -0.489 e. The molecule has 1 aliphatic rings. The summed E-state index contributed by atoms with van der Waals surface area (Å²) in [5.41, 5.74) is 3.39. The van der Waals surface area contributed by atoms with Gasteiger partial charge in [0.15, 0.2) is 0 Å². The van der Waals surface area contributed by atoms with Crippen molar-refractivity contribution in [3.8, 4) is 5.75 Å². The van der Waals surface area contributed by atoms with E-state index in [1.54, 1.807) is 6.20 Å². The molecule has 0 aliphatic carbocycles. The van der Waals surface area contributed by atoms with Crippen LogP contribution in [0, 0.1) is 0 Å². The highest BCUT2D eigenvalue weighted by Gasteiger charge is 2.15. The van der Waals surface area contributed by atoms with E-state index in [1.165, 1.54) is 5.56 Å². The van der Waals surface area contributed by atoms with Crippen LogP contribution < -0.4 is 15.0 Å². The molecule has 1 aliphatic heterocycles. The van der Waals surface area contributed by atoms with Crippen molar-refractivity contribution in [2.45, 2.75) is 19.7 Å². The van der Waals surface area contributed by atoms with Gasteiger partial charge in [0.25, 0.3) is 0 Å². The number of morpholine rings is 1. The van der Waals surface area contributed by atoms with Gasteiger partial charge < -0.3 is 19.7 Å². The van der Waals surface area contributed by atoms with Crippen LogP contribution in [0.25, 0.3) is 0 Å². The first-order valence-electron chi connectivity index (χ1n) is 9.97.